The molecule has 1 amide bonds. The van der Waals surface area contributed by atoms with Gasteiger partial charge in [-0.15, -0.1) is 0 Å². The van der Waals surface area contributed by atoms with Crippen molar-refractivity contribution in [1.29, 1.82) is 0 Å². The summed E-state index contributed by atoms with van der Waals surface area (Å²) in [5, 5.41) is 2.87. The number of hydrogen-bond donors (Lipinski definition) is 1. The summed E-state index contributed by atoms with van der Waals surface area (Å²) in [5.74, 6) is 0.837. The van der Waals surface area contributed by atoms with E-state index < -0.39 is 0 Å². The first kappa shape index (κ1) is 15.3. The maximum atomic E-state index is 11.0. The summed E-state index contributed by atoms with van der Waals surface area (Å²) in [5.41, 5.74) is 3.17. The smallest absolute Gasteiger partial charge is 0.207 e. The highest BCUT2D eigenvalue weighted by molar-refractivity contribution is 5.52. The molecule has 1 aliphatic rings. The molecule has 112 valence electrons. The highest BCUT2D eigenvalue weighted by Gasteiger charge is 2.24. The Morgan fingerprint density at radius 3 is 2.57 bits per heavy atom. The first-order valence-corrected chi connectivity index (χ1v) is 6.94. The van der Waals surface area contributed by atoms with Gasteiger partial charge in [-0.2, -0.15) is 0 Å². The molecule has 0 spiro atoms. The van der Waals surface area contributed by atoms with E-state index in [1.54, 1.807) is 14.2 Å². The number of ether oxygens (including phenoxy) is 2. The molecular formula is C17H21NO3. The van der Waals surface area contributed by atoms with Crippen LogP contribution in [-0.2, 0) is 14.3 Å². The molecular weight excluding hydrogens is 266 g/mol. The fraction of sp³-hybridized carbons (Fsp3) is 0.353. The van der Waals surface area contributed by atoms with Gasteiger partial charge in [0.05, 0.1) is 19.3 Å². The molecule has 0 fully saturated rings. The van der Waals surface area contributed by atoms with Crippen LogP contribution in [0.5, 0.6) is 0 Å². The van der Waals surface area contributed by atoms with E-state index in [1.165, 1.54) is 5.56 Å². The Balaban J connectivity index is 2.37. The molecule has 2 unspecified atom stereocenters. The average Bonchev–Trinajstić information content (AvgIpc) is 2.53. The lowest BCUT2D eigenvalue weighted by molar-refractivity contribution is -0.110. The van der Waals surface area contributed by atoms with Gasteiger partial charge in [0.25, 0.3) is 0 Å². The number of methoxy groups -OCH3 is 2. The molecule has 0 aliphatic heterocycles. The van der Waals surface area contributed by atoms with Crippen molar-refractivity contribution in [3.63, 3.8) is 0 Å². The number of aryl methyl sites for hydroxylation is 1. The third-order valence-electron chi connectivity index (χ3n) is 3.70. The summed E-state index contributed by atoms with van der Waals surface area (Å²) in [6, 6.07) is 7.89. The zero-order valence-electron chi connectivity index (χ0n) is 12.6. The molecule has 0 heterocycles. The van der Waals surface area contributed by atoms with Gasteiger partial charge in [0.2, 0.25) is 6.41 Å². The predicted molar refractivity (Wildman–Crippen MR) is 81.7 cm³/mol. The molecule has 2 rings (SSSR count). The lowest BCUT2D eigenvalue weighted by atomic mass is 9.92. The highest BCUT2D eigenvalue weighted by Crippen LogP contribution is 2.31. The van der Waals surface area contributed by atoms with Crippen molar-refractivity contribution in [1.82, 2.24) is 5.32 Å². The number of carbonyl (C=O) groups is 1. The minimum atomic E-state index is -0.216. The summed E-state index contributed by atoms with van der Waals surface area (Å²) in [6.45, 7) is 2.04. The first-order valence-electron chi connectivity index (χ1n) is 6.94. The van der Waals surface area contributed by atoms with Gasteiger partial charge in [-0.1, -0.05) is 42.0 Å². The quantitative estimate of drug-likeness (QED) is 0.818. The monoisotopic (exact) mass is 287 g/mol. The molecule has 4 heteroatoms. The van der Waals surface area contributed by atoms with Crippen LogP contribution in [0.25, 0.3) is 0 Å². The van der Waals surface area contributed by atoms with E-state index in [0.29, 0.717) is 6.42 Å². The minimum Gasteiger partial charge on any atom is -0.501 e. The summed E-state index contributed by atoms with van der Waals surface area (Å²) in [6.07, 6.45) is 5.37. The first-order chi connectivity index (χ1) is 10.2. The summed E-state index contributed by atoms with van der Waals surface area (Å²) in [4.78, 5) is 11.0. The second kappa shape index (κ2) is 7.09. The Bertz CT molecular complexity index is 546. The molecule has 0 saturated carbocycles. The lowest BCUT2D eigenvalue weighted by Gasteiger charge is -2.26. The summed E-state index contributed by atoms with van der Waals surface area (Å²) < 4.78 is 10.8. The third kappa shape index (κ3) is 3.52. The molecule has 1 aromatic carbocycles. The molecule has 4 nitrogen and oxygen atoms in total. The van der Waals surface area contributed by atoms with E-state index >= 15 is 0 Å². The van der Waals surface area contributed by atoms with Gasteiger partial charge in [0.15, 0.2) is 0 Å². The maximum Gasteiger partial charge on any atom is 0.207 e. The zero-order chi connectivity index (χ0) is 15.2. The molecule has 1 aliphatic carbocycles. The van der Waals surface area contributed by atoms with Crippen molar-refractivity contribution in [2.45, 2.75) is 25.5 Å². The van der Waals surface area contributed by atoms with Gasteiger partial charge in [-0.25, -0.2) is 0 Å². The van der Waals surface area contributed by atoms with Crippen molar-refractivity contribution in [3.8, 4) is 0 Å². The Kier molecular flexibility index (Phi) is 5.17. The van der Waals surface area contributed by atoms with Crippen LogP contribution < -0.4 is 5.32 Å². The van der Waals surface area contributed by atoms with Crippen molar-refractivity contribution in [3.05, 3.63) is 58.9 Å². The fourth-order valence-corrected chi connectivity index (χ4v) is 2.49. The largest absolute Gasteiger partial charge is 0.501 e. The van der Waals surface area contributed by atoms with E-state index in [2.05, 4.69) is 5.32 Å². The van der Waals surface area contributed by atoms with Gasteiger partial charge in [0.1, 0.15) is 5.76 Å². The van der Waals surface area contributed by atoms with Gasteiger partial charge in [-0.3, -0.25) is 4.79 Å². The Hall–Kier alpha value is -2.07. The van der Waals surface area contributed by atoms with E-state index in [1.807, 2.05) is 43.3 Å². The lowest BCUT2D eigenvalue weighted by Crippen LogP contribution is -2.25. The van der Waals surface area contributed by atoms with Crippen LogP contribution in [0.1, 0.15) is 23.6 Å². The van der Waals surface area contributed by atoms with E-state index in [9.17, 15) is 4.79 Å². The average molecular weight is 287 g/mol. The second-order valence-corrected chi connectivity index (χ2v) is 5.05. The van der Waals surface area contributed by atoms with Crippen molar-refractivity contribution in [2.24, 2.45) is 0 Å². The Labute approximate surface area is 125 Å². The van der Waals surface area contributed by atoms with Crippen LogP contribution in [0.4, 0.5) is 0 Å². The van der Waals surface area contributed by atoms with Crippen molar-refractivity contribution >= 4 is 6.41 Å². The van der Waals surface area contributed by atoms with Crippen LogP contribution >= 0.6 is 0 Å². The van der Waals surface area contributed by atoms with Gasteiger partial charge < -0.3 is 14.8 Å². The number of hydrogen-bond acceptors (Lipinski definition) is 3. The standard InChI is InChI=1S/C17H21NO3/c1-12-4-6-13(7-5-12)17(18-11-19)15-9-8-14(20-2)10-16(15)21-3/h4-9,11,14,17H,10H2,1-3H3,(H,18,19). The fourth-order valence-electron chi connectivity index (χ4n) is 2.49. The van der Waals surface area contributed by atoms with Crippen LogP contribution in [0.2, 0.25) is 0 Å². The Morgan fingerprint density at radius 1 is 1.29 bits per heavy atom. The van der Waals surface area contributed by atoms with Crippen LogP contribution in [0.15, 0.2) is 47.7 Å². The summed E-state index contributed by atoms with van der Waals surface area (Å²) in [7, 11) is 3.32. The molecule has 0 saturated heterocycles. The SMILES string of the molecule is COC1=C(C(NC=O)c2ccc(C)cc2)C=CC(OC)C1. The number of nitrogens with one attached hydrogen (secondary N) is 1. The molecule has 0 bridgehead atoms. The Morgan fingerprint density at radius 2 is 2.00 bits per heavy atom. The number of amides is 1. The number of carbonyl (C=O) groups excluding carboxylic acids is 1. The van der Waals surface area contributed by atoms with E-state index in [0.717, 1.165) is 23.3 Å². The van der Waals surface area contributed by atoms with Crippen LogP contribution in [0, 0.1) is 6.92 Å². The zero-order valence-corrected chi connectivity index (χ0v) is 12.6. The maximum absolute atomic E-state index is 11.0. The molecule has 0 radical (unpaired) electrons. The van der Waals surface area contributed by atoms with Gasteiger partial charge >= 0.3 is 0 Å². The van der Waals surface area contributed by atoms with Gasteiger partial charge in [0, 0.05) is 19.1 Å². The molecule has 21 heavy (non-hydrogen) atoms. The van der Waals surface area contributed by atoms with E-state index in [4.69, 9.17) is 9.47 Å². The van der Waals surface area contributed by atoms with E-state index in [-0.39, 0.29) is 12.1 Å². The number of rotatable bonds is 6. The topological polar surface area (TPSA) is 47.6 Å². The van der Waals surface area contributed by atoms with Crippen LogP contribution in [-0.4, -0.2) is 26.7 Å². The van der Waals surface area contributed by atoms with Crippen LogP contribution in [0.3, 0.4) is 0 Å². The predicted octanol–water partition coefficient (Wildman–Crippen LogP) is 2.66. The highest BCUT2D eigenvalue weighted by atomic mass is 16.5. The summed E-state index contributed by atoms with van der Waals surface area (Å²) >= 11 is 0. The molecule has 1 aromatic rings. The molecule has 0 aromatic heterocycles. The second-order valence-electron chi connectivity index (χ2n) is 5.05. The molecule has 1 N–H and O–H groups in total. The van der Waals surface area contributed by atoms with Gasteiger partial charge in [-0.05, 0) is 12.5 Å². The van der Waals surface area contributed by atoms with Crippen molar-refractivity contribution < 1.29 is 14.3 Å². The minimum absolute atomic E-state index is 0.0126. The molecule has 2 atom stereocenters. The van der Waals surface area contributed by atoms with Crippen molar-refractivity contribution in [2.75, 3.05) is 14.2 Å². The number of benzene rings is 1. The third-order valence-corrected chi connectivity index (χ3v) is 3.70. The normalized spacial score (nSPS) is 19.3.